The van der Waals surface area contributed by atoms with E-state index in [0.29, 0.717) is 32.5 Å². The fourth-order valence-corrected chi connectivity index (χ4v) is 3.30. The number of aliphatic hydroxyl groups excluding tert-OH is 1. The molecule has 1 fully saturated rings. The van der Waals surface area contributed by atoms with Crippen molar-refractivity contribution in [3.63, 3.8) is 0 Å². The van der Waals surface area contributed by atoms with Crippen LogP contribution in [-0.2, 0) is 24.5 Å². The van der Waals surface area contributed by atoms with E-state index in [2.05, 4.69) is 32.9 Å². The summed E-state index contributed by atoms with van der Waals surface area (Å²) in [6.07, 6.45) is 3.12. The summed E-state index contributed by atoms with van der Waals surface area (Å²) in [6.45, 7) is 7.47. The minimum absolute atomic E-state index is 0.0532. The van der Waals surface area contributed by atoms with Crippen LogP contribution in [0.5, 0.6) is 0 Å². The minimum atomic E-state index is -0.291. The molecule has 1 atom stereocenters. The van der Waals surface area contributed by atoms with Crippen molar-refractivity contribution in [3.8, 4) is 0 Å². The molecule has 1 aliphatic heterocycles. The first-order valence-electron chi connectivity index (χ1n) is 10.1. The molecule has 6 heteroatoms. The second-order valence-corrected chi connectivity index (χ2v) is 8.23. The van der Waals surface area contributed by atoms with Crippen LogP contribution < -0.4 is 4.90 Å². The summed E-state index contributed by atoms with van der Waals surface area (Å²) in [7, 11) is 0. The molecule has 1 N–H and O–H groups in total. The van der Waals surface area contributed by atoms with Gasteiger partial charge < -0.3 is 19.5 Å². The van der Waals surface area contributed by atoms with Crippen molar-refractivity contribution in [2.75, 3.05) is 31.3 Å². The van der Waals surface area contributed by atoms with Gasteiger partial charge in [0.15, 0.2) is 0 Å². The molecule has 0 aromatic heterocycles. The molecular weight excluding hydrogens is 358 g/mol. The molecule has 0 saturated carbocycles. The van der Waals surface area contributed by atoms with Crippen LogP contribution in [0.25, 0.3) is 0 Å². The van der Waals surface area contributed by atoms with Crippen LogP contribution in [0.2, 0.25) is 0 Å². The predicted octanol–water partition coefficient (Wildman–Crippen LogP) is 3.20. The molecular formula is C22H33NO5. The predicted molar refractivity (Wildman–Crippen MR) is 108 cm³/mol. The highest BCUT2D eigenvalue weighted by Gasteiger charge is 2.32. The first-order chi connectivity index (χ1) is 13.3. The van der Waals surface area contributed by atoms with Crippen molar-refractivity contribution in [2.45, 2.75) is 64.3 Å². The van der Waals surface area contributed by atoms with E-state index < -0.39 is 0 Å². The highest BCUT2D eigenvalue weighted by atomic mass is 16.5. The summed E-state index contributed by atoms with van der Waals surface area (Å²) in [6, 6.07) is 8.29. The molecule has 0 aliphatic carbocycles. The van der Waals surface area contributed by atoms with Gasteiger partial charge in [0, 0.05) is 25.1 Å². The van der Waals surface area contributed by atoms with Crippen LogP contribution in [-0.4, -0.2) is 49.5 Å². The van der Waals surface area contributed by atoms with Gasteiger partial charge in [-0.3, -0.25) is 9.59 Å². The Balaban J connectivity index is 1.77. The number of anilines is 1. The van der Waals surface area contributed by atoms with Crippen LogP contribution in [0.3, 0.4) is 0 Å². The van der Waals surface area contributed by atoms with Gasteiger partial charge in [-0.15, -0.1) is 0 Å². The van der Waals surface area contributed by atoms with E-state index >= 15 is 0 Å². The molecule has 1 heterocycles. The lowest BCUT2D eigenvalue weighted by Crippen LogP contribution is -2.36. The van der Waals surface area contributed by atoms with Gasteiger partial charge in [0.25, 0.3) is 0 Å². The number of esters is 1. The maximum absolute atomic E-state index is 12.4. The standard InChI is InChI=1S/C22H33NO5/c1-22(2,3)17-7-9-18(10-8-17)23-19(11-12-20(23)25)16-27-14-5-4-6-21(26)28-15-13-24/h7-10,19,24H,4-6,11-16H2,1-3H3/t19-/m0/s1. The third-order valence-corrected chi connectivity index (χ3v) is 4.92. The molecule has 28 heavy (non-hydrogen) atoms. The van der Waals surface area contributed by atoms with Gasteiger partial charge in [-0.2, -0.15) is 0 Å². The zero-order chi connectivity index (χ0) is 20.6. The zero-order valence-electron chi connectivity index (χ0n) is 17.3. The van der Waals surface area contributed by atoms with Crippen LogP contribution in [0.4, 0.5) is 5.69 Å². The van der Waals surface area contributed by atoms with E-state index in [4.69, 9.17) is 14.6 Å². The normalized spacial score (nSPS) is 17.2. The highest BCUT2D eigenvalue weighted by Crippen LogP contribution is 2.30. The molecule has 1 aliphatic rings. The molecule has 1 aromatic carbocycles. The average molecular weight is 392 g/mol. The molecule has 0 spiro atoms. The van der Waals surface area contributed by atoms with Crippen molar-refractivity contribution in [1.29, 1.82) is 0 Å². The maximum atomic E-state index is 12.4. The zero-order valence-corrected chi connectivity index (χ0v) is 17.3. The van der Waals surface area contributed by atoms with Crippen molar-refractivity contribution in [2.24, 2.45) is 0 Å². The number of aliphatic hydroxyl groups is 1. The van der Waals surface area contributed by atoms with E-state index in [1.807, 2.05) is 17.0 Å². The third-order valence-electron chi connectivity index (χ3n) is 4.92. The van der Waals surface area contributed by atoms with Crippen LogP contribution in [0.1, 0.15) is 58.4 Å². The van der Waals surface area contributed by atoms with E-state index in [-0.39, 0.29) is 36.5 Å². The maximum Gasteiger partial charge on any atom is 0.305 e. The monoisotopic (exact) mass is 391 g/mol. The second-order valence-electron chi connectivity index (χ2n) is 8.23. The summed E-state index contributed by atoms with van der Waals surface area (Å²) in [4.78, 5) is 25.6. The number of hydrogen-bond acceptors (Lipinski definition) is 5. The number of amides is 1. The Labute approximate surface area is 167 Å². The van der Waals surface area contributed by atoms with Gasteiger partial charge in [0.2, 0.25) is 5.91 Å². The van der Waals surface area contributed by atoms with Crippen molar-refractivity contribution in [3.05, 3.63) is 29.8 Å². The molecule has 6 nitrogen and oxygen atoms in total. The lowest BCUT2D eigenvalue weighted by Gasteiger charge is -2.26. The summed E-state index contributed by atoms with van der Waals surface area (Å²) < 4.78 is 10.6. The number of unbranched alkanes of at least 4 members (excludes halogenated alkanes) is 1. The number of nitrogens with zero attached hydrogens (tertiary/aromatic N) is 1. The highest BCUT2D eigenvalue weighted by molar-refractivity contribution is 5.96. The fourth-order valence-electron chi connectivity index (χ4n) is 3.30. The molecule has 156 valence electrons. The largest absolute Gasteiger partial charge is 0.463 e. The summed E-state index contributed by atoms with van der Waals surface area (Å²) in [5.41, 5.74) is 2.25. The summed E-state index contributed by atoms with van der Waals surface area (Å²) >= 11 is 0. The van der Waals surface area contributed by atoms with Gasteiger partial charge in [-0.25, -0.2) is 0 Å². The van der Waals surface area contributed by atoms with Crippen LogP contribution >= 0.6 is 0 Å². The smallest absolute Gasteiger partial charge is 0.305 e. The summed E-state index contributed by atoms with van der Waals surface area (Å²) in [5, 5.41) is 8.61. The summed E-state index contributed by atoms with van der Waals surface area (Å²) in [5.74, 6) is -0.149. The average Bonchev–Trinajstić information content (AvgIpc) is 3.02. The van der Waals surface area contributed by atoms with Gasteiger partial charge >= 0.3 is 5.97 Å². The third kappa shape index (κ3) is 6.60. The number of ether oxygens (including phenoxy) is 2. The second kappa shape index (κ2) is 10.6. The van der Waals surface area contributed by atoms with E-state index in [9.17, 15) is 9.59 Å². The molecule has 0 unspecified atom stereocenters. The Bertz CT molecular complexity index is 635. The number of carbonyl (C=O) groups excluding carboxylic acids is 2. The molecule has 1 aromatic rings. The first-order valence-corrected chi connectivity index (χ1v) is 10.1. The van der Waals surface area contributed by atoms with E-state index in [1.54, 1.807) is 0 Å². The van der Waals surface area contributed by atoms with Crippen LogP contribution in [0.15, 0.2) is 24.3 Å². The Morgan fingerprint density at radius 2 is 1.89 bits per heavy atom. The van der Waals surface area contributed by atoms with Crippen molar-refractivity contribution in [1.82, 2.24) is 0 Å². The molecule has 2 rings (SSSR count). The topological polar surface area (TPSA) is 76.1 Å². The number of carbonyl (C=O) groups is 2. The SMILES string of the molecule is CC(C)(C)c1ccc(N2C(=O)CC[C@H]2COCCCCC(=O)OCCO)cc1. The molecule has 0 bridgehead atoms. The van der Waals surface area contributed by atoms with E-state index in [0.717, 1.165) is 18.5 Å². The lowest BCUT2D eigenvalue weighted by molar-refractivity contribution is -0.144. The minimum Gasteiger partial charge on any atom is -0.463 e. The van der Waals surface area contributed by atoms with Gasteiger partial charge in [0.05, 0.1) is 19.3 Å². The van der Waals surface area contributed by atoms with Crippen molar-refractivity contribution >= 4 is 17.6 Å². The fraction of sp³-hybridized carbons (Fsp3) is 0.636. The quantitative estimate of drug-likeness (QED) is 0.490. The molecule has 0 radical (unpaired) electrons. The first kappa shape index (κ1) is 22.4. The van der Waals surface area contributed by atoms with Crippen LogP contribution in [0, 0.1) is 0 Å². The van der Waals surface area contributed by atoms with Gasteiger partial charge in [0.1, 0.15) is 6.61 Å². The van der Waals surface area contributed by atoms with Crippen molar-refractivity contribution < 1.29 is 24.2 Å². The molecule has 1 amide bonds. The number of benzene rings is 1. The Kier molecular flexibility index (Phi) is 8.45. The Morgan fingerprint density at radius 1 is 1.18 bits per heavy atom. The Hall–Kier alpha value is -1.92. The Morgan fingerprint density at radius 3 is 2.54 bits per heavy atom. The number of hydrogen-bond donors (Lipinski definition) is 1. The van der Waals surface area contributed by atoms with E-state index in [1.165, 1.54) is 5.56 Å². The van der Waals surface area contributed by atoms with Gasteiger partial charge in [-0.1, -0.05) is 32.9 Å². The molecule has 1 saturated heterocycles. The van der Waals surface area contributed by atoms with Gasteiger partial charge in [-0.05, 0) is 42.4 Å². The lowest BCUT2D eigenvalue weighted by atomic mass is 9.87. The number of rotatable bonds is 10.